The molecule has 52 valence electrons. The summed E-state index contributed by atoms with van der Waals surface area (Å²) in [6.07, 6.45) is 1.18. The van der Waals surface area contributed by atoms with Crippen molar-refractivity contribution in [1.82, 2.24) is 0 Å². The number of ether oxygens (including phenoxy) is 1. The Hall–Kier alpha value is -0.730. The Bertz CT molecular complexity index is 133. The van der Waals surface area contributed by atoms with Crippen LogP contribution in [0.4, 0.5) is 0 Å². The van der Waals surface area contributed by atoms with Crippen molar-refractivity contribution in [2.75, 3.05) is 0 Å². The highest BCUT2D eigenvalue weighted by Crippen LogP contribution is 2.13. The topological polar surface area (TPSA) is 47.6 Å². The number of aliphatic imine (C=N–C) groups is 1. The number of rotatable bonds is 1. The lowest BCUT2D eigenvalue weighted by molar-refractivity contribution is 0.207. The minimum absolute atomic E-state index is 0.176. The zero-order valence-corrected chi connectivity index (χ0v) is 5.79. The monoisotopic (exact) mass is 128 g/mol. The van der Waals surface area contributed by atoms with Gasteiger partial charge in [-0.1, -0.05) is 6.92 Å². The van der Waals surface area contributed by atoms with Crippen LogP contribution in [0, 0.1) is 0 Å². The molecule has 1 heterocycles. The SMILES string of the molecule is CC[C@H]1N=C(N)O[C@@H]1C. The van der Waals surface area contributed by atoms with Gasteiger partial charge in [-0.05, 0) is 13.3 Å². The summed E-state index contributed by atoms with van der Waals surface area (Å²) < 4.78 is 5.09. The molecule has 0 saturated heterocycles. The van der Waals surface area contributed by atoms with E-state index in [1.54, 1.807) is 0 Å². The lowest BCUT2D eigenvalue weighted by atomic mass is 10.1. The van der Waals surface area contributed by atoms with Crippen molar-refractivity contribution >= 4 is 6.02 Å². The van der Waals surface area contributed by atoms with Gasteiger partial charge in [-0.3, -0.25) is 0 Å². The van der Waals surface area contributed by atoms with Crippen LogP contribution in [0.25, 0.3) is 0 Å². The van der Waals surface area contributed by atoms with Gasteiger partial charge in [0.25, 0.3) is 6.02 Å². The second-order valence-electron chi connectivity index (χ2n) is 2.27. The number of amidine groups is 1. The van der Waals surface area contributed by atoms with E-state index < -0.39 is 0 Å². The molecule has 0 aromatic rings. The van der Waals surface area contributed by atoms with Crippen LogP contribution in [0.1, 0.15) is 20.3 Å². The number of nitrogens with two attached hydrogens (primary N) is 1. The highest BCUT2D eigenvalue weighted by molar-refractivity contribution is 5.73. The summed E-state index contributed by atoms with van der Waals surface area (Å²) in [4.78, 5) is 4.06. The molecule has 1 aliphatic heterocycles. The first kappa shape index (κ1) is 6.39. The standard InChI is InChI=1S/C6H12N2O/c1-3-5-4(2)9-6(7)8-5/h4-5H,3H2,1-2H3,(H2,7,8)/t4-,5-/m1/s1. The predicted molar refractivity (Wildman–Crippen MR) is 36.2 cm³/mol. The van der Waals surface area contributed by atoms with Crippen LogP contribution in [0.2, 0.25) is 0 Å². The first-order valence-corrected chi connectivity index (χ1v) is 3.24. The molecular formula is C6H12N2O. The van der Waals surface area contributed by atoms with E-state index in [2.05, 4.69) is 11.9 Å². The molecule has 3 nitrogen and oxygen atoms in total. The molecule has 0 aromatic carbocycles. The van der Waals surface area contributed by atoms with E-state index in [0.29, 0.717) is 6.02 Å². The summed E-state index contributed by atoms with van der Waals surface area (Å²) in [6.45, 7) is 4.06. The van der Waals surface area contributed by atoms with Gasteiger partial charge in [-0.25, -0.2) is 4.99 Å². The lowest BCUT2D eigenvalue weighted by Gasteiger charge is -2.07. The maximum Gasteiger partial charge on any atom is 0.282 e. The number of nitrogens with zero attached hydrogens (tertiary/aromatic N) is 1. The summed E-state index contributed by atoms with van der Waals surface area (Å²) in [5.41, 5.74) is 5.32. The summed E-state index contributed by atoms with van der Waals surface area (Å²) in [6, 6.07) is 0.624. The van der Waals surface area contributed by atoms with Crippen LogP contribution in [-0.2, 0) is 4.74 Å². The Morgan fingerprint density at radius 1 is 1.78 bits per heavy atom. The van der Waals surface area contributed by atoms with E-state index in [-0.39, 0.29) is 12.1 Å². The van der Waals surface area contributed by atoms with Crippen LogP contribution in [-0.4, -0.2) is 18.2 Å². The zero-order valence-electron chi connectivity index (χ0n) is 5.79. The van der Waals surface area contributed by atoms with Gasteiger partial charge in [0.2, 0.25) is 0 Å². The fraction of sp³-hybridized carbons (Fsp3) is 0.833. The van der Waals surface area contributed by atoms with Gasteiger partial charge in [0.15, 0.2) is 0 Å². The van der Waals surface area contributed by atoms with E-state index in [1.165, 1.54) is 0 Å². The van der Waals surface area contributed by atoms with E-state index in [4.69, 9.17) is 10.5 Å². The zero-order chi connectivity index (χ0) is 6.85. The third kappa shape index (κ3) is 1.15. The van der Waals surface area contributed by atoms with Crippen LogP contribution in [0.5, 0.6) is 0 Å². The maximum absolute atomic E-state index is 5.32. The Kier molecular flexibility index (Phi) is 1.60. The Morgan fingerprint density at radius 2 is 2.44 bits per heavy atom. The largest absolute Gasteiger partial charge is 0.460 e. The van der Waals surface area contributed by atoms with Crippen molar-refractivity contribution in [3.63, 3.8) is 0 Å². The fourth-order valence-electron chi connectivity index (χ4n) is 0.991. The molecule has 9 heavy (non-hydrogen) atoms. The van der Waals surface area contributed by atoms with Crippen LogP contribution >= 0.6 is 0 Å². The Labute approximate surface area is 54.9 Å². The van der Waals surface area contributed by atoms with Crippen molar-refractivity contribution in [2.24, 2.45) is 10.7 Å². The molecule has 2 atom stereocenters. The molecule has 0 amide bonds. The number of hydrogen-bond donors (Lipinski definition) is 1. The lowest BCUT2D eigenvalue weighted by Crippen LogP contribution is -2.19. The van der Waals surface area contributed by atoms with Gasteiger partial charge in [0.1, 0.15) is 6.10 Å². The smallest absolute Gasteiger partial charge is 0.282 e. The average molecular weight is 128 g/mol. The molecule has 0 aromatic heterocycles. The third-order valence-electron chi connectivity index (χ3n) is 1.56. The summed E-state index contributed by atoms with van der Waals surface area (Å²) >= 11 is 0. The molecule has 0 aliphatic carbocycles. The third-order valence-corrected chi connectivity index (χ3v) is 1.56. The van der Waals surface area contributed by atoms with E-state index >= 15 is 0 Å². The highest BCUT2D eigenvalue weighted by Gasteiger charge is 2.23. The van der Waals surface area contributed by atoms with E-state index in [9.17, 15) is 0 Å². The maximum atomic E-state index is 5.32. The Morgan fingerprint density at radius 3 is 2.67 bits per heavy atom. The van der Waals surface area contributed by atoms with Gasteiger partial charge in [-0.15, -0.1) is 0 Å². The Balaban J connectivity index is 2.53. The molecule has 3 heteroatoms. The van der Waals surface area contributed by atoms with Crippen molar-refractivity contribution in [3.05, 3.63) is 0 Å². The van der Waals surface area contributed by atoms with Gasteiger partial charge >= 0.3 is 0 Å². The minimum atomic E-state index is 0.176. The molecule has 2 N–H and O–H groups in total. The second kappa shape index (κ2) is 2.25. The van der Waals surface area contributed by atoms with Crippen LogP contribution < -0.4 is 5.73 Å². The quantitative estimate of drug-likeness (QED) is 0.559. The first-order chi connectivity index (χ1) is 4.24. The van der Waals surface area contributed by atoms with Gasteiger partial charge < -0.3 is 10.5 Å². The predicted octanol–water partition coefficient (Wildman–Crippen LogP) is 0.498. The minimum Gasteiger partial charge on any atom is -0.460 e. The molecule has 0 saturated carbocycles. The first-order valence-electron chi connectivity index (χ1n) is 3.24. The molecule has 0 fully saturated rings. The van der Waals surface area contributed by atoms with Gasteiger partial charge in [0.05, 0.1) is 6.04 Å². The van der Waals surface area contributed by atoms with Gasteiger partial charge in [-0.2, -0.15) is 0 Å². The second-order valence-corrected chi connectivity index (χ2v) is 2.27. The molecule has 0 radical (unpaired) electrons. The molecule has 0 unspecified atom stereocenters. The van der Waals surface area contributed by atoms with Crippen molar-refractivity contribution in [1.29, 1.82) is 0 Å². The van der Waals surface area contributed by atoms with Crippen molar-refractivity contribution in [3.8, 4) is 0 Å². The average Bonchev–Trinajstić information content (AvgIpc) is 2.10. The number of hydrogen-bond acceptors (Lipinski definition) is 3. The van der Waals surface area contributed by atoms with E-state index in [1.807, 2.05) is 6.92 Å². The van der Waals surface area contributed by atoms with Crippen molar-refractivity contribution < 1.29 is 4.74 Å². The molecule has 0 spiro atoms. The van der Waals surface area contributed by atoms with Crippen molar-refractivity contribution in [2.45, 2.75) is 32.4 Å². The summed E-state index contributed by atoms with van der Waals surface area (Å²) in [7, 11) is 0. The van der Waals surface area contributed by atoms with Crippen LogP contribution in [0.3, 0.4) is 0 Å². The van der Waals surface area contributed by atoms with Crippen LogP contribution in [0.15, 0.2) is 4.99 Å². The molecule has 1 aliphatic rings. The molecular weight excluding hydrogens is 116 g/mol. The molecule has 1 rings (SSSR count). The fourth-order valence-corrected chi connectivity index (χ4v) is 0.991. The van der Waals surface area contributed by atoms with E-state index in [0.717, 1.165) is 6.42 Å². The summed E-state index contributed by atoms with van der Waals surface area (Å²) in [5, 5.41) is 0. The molecule has 0 bridgehead atoms. The normalized spacial score (nSPS) is 33.8. The summed E-state index contributed by atoms with van der Waals surface area (Å²) in [5.74, 6) is 0. The van der Waals surface area contributed by atoms with Gasteiger partial charge in [0, 0.05) is 0 Å². The highest BCUT2D eigenvalue weighted by atomic mass is 16.5.